The lowest BCUT2D eigenvalue weighted by Crippen LogP contribution is -2.10. The van der Waals surface area contributed by atoms with E-state index >= 15 is 0 Å². The zero-order chi connectivity index (χ0) is 19.5. The molecule has 28 heavy (non-hydrogen) atoms. The number of nitrogens with zero attached hydrogens (tertiary/aromatic N) is 3. The maximum absolute atomic E-state index is 12.4. The highest BCUT2D eigenvalue weighted by Crippen LogP contribution is 2.26. The number of esters is 1. The van der Waals surface area contributed by atoms with E-state index in [-0.39, 0.29) is 11.6 Å². The Morgan fingerprint density at radius 2 is 1.79 bits per heavy atom. The van der Waals surface area contributed by atoms with Crippen LogP contribution in [0.4, 0.5) is 0 Å². The first-order valence-corrected chi connectivity index (χ1v) is 9.60. The fourth-order valence-corrected chi connectivity index (χ4v) is 3.36. The third-order valence-electron chi connectivity index (χ3n) is 4.10. The molecule has 7 heteroatoms. The lowest BCUT2D eigenvalue weighted by atomic mass is 10.2. The molecule has 2 heterocycles. The minimum Gasteiger partial charge on any atom is -0.448 e. The molecule has 0 unspecified atom stereocenters. The molecule has 0 aliphatic carbocycles. The van der Waals surface area contributed by atoms with E-state index in [0.29, 0.717) is 5.89 Å². The number of hydrogen-bond acceptors (Lipinski definition) is 7. The Morgan fingerprint density at radius 1 is 1.04 bits per heavy atom. The van der Waals surface area contributed by atoms with Crippen LogP contribution in [0, 0.1) is 6.92 Å². The first-order chi connectivity index (χ1) is 13.6. The van der Waals surface area contributed by atoms with Gasteiger partial charge in [0.25, 0.3) is 5.89 Å². The minimum atomic E-state index is -0.679. The first kappa shape index (κ1) is 18.1. The van der Waals surface area contributed by atoms with Crippen molar-refractivity contribution in [1.82, 2.24) is 15.2 Å². The molecule has 6 nitrogen and oxygen atoms in total. The number of thiazole rings is 1. The second-order valence-electron chi connectivity index (χ2n) is 6.26. The molecule has 4 rings (SSSR count). The van der Waals surface area contributed by atoms with Crippen molar-refractivity contribution in [2.45, 2.75) is 20.0 Å². The molecule has 0 saturated heterocycles. The van der Waals surface area contributed by atoms with Crippen LogP contribution in [0.5, 0.6) is 0 Å². The van der Waals surface area contributed by atoms with Gasteiger partial charge in [0.15, 0.2) is 11.8 Å². The summed E-state index contributed by atoms with van der Waals surface area (Å²) in [4.78, 5) is 16.8. The quantitative estimate of drug-likeness (QED) is 0.441. The largest absolute Gasteiger partial charge is 0.448 e. The van der Waals surface area contributed by atoms with E-state index in [9.17, 15) is 4.79 Å². The van der Waals surface area contributed by atoms with E-state index < -0.39 is 12.1 Å². The summed E-state index contributed by atoms with van der Waals surface area (Å²) in [5.74, 6) is 0.0941. The summed E-state index contributed by atoms with van der Waals surface area (Å²) in [5, 5.41) is 10.5. The van der Waals surface area contributed by atoms with Gasteiger partial charge in [-0.1, -0.05) is 48.0 Å². The van der Waals surface area contributed by atoms with Gasteiger partial charge >= 0.3 is 5.97 Å². The standard InChI is InChI=1S/C21H17N3O3S/c1-13-8-10-16(11-9-13)20-22-17(12-28-20)21(25)26-14(2)18-23-24-19(27-18)15-6-4-3-5-7-15/h3-12,14H,1-2H3/t14-/m1/s1. The molecule has 0 radical (unpaired) electrons. The van der Waals surface area contributed by atoms with Gasteiger partial charge in [0, 0.05) is 16.5 Å². The molecule has 2 aromatic carbocycles. The molecule has 0 aliphatic heterocycles. The van der Waals surface area contributed by atoms with Gasteiger partial charge in [0.1, 0.15) is 5.01 Å². The zero-order valence-corrected chi connectivity index (χ0v) is 16.1. The van der Waals surface area contributed by atoms with E-state index in [1.54, 1.807) is 12.3 Å². The second-order valence-corrected chi connectivity index (χ2v) is 7.12. The van der Waals surface area contributed by atoms with Crippen LogP contribution >= 0.6 is 11.3 Å². The van der Waals surface area contributed by atoms with E-state index in [2.05, 4.69) is 15.2 Å². The number of aryl methyl sites for hydroxylation is 1. The van der Waals surface area contributed by atoms with Gasteiger partial charge in [0.05, 0.1) is 0 Å². The van der Waals surface area contributed by atoms with Crippen molar-refractivity contribution < 1.29 is 13.9 Å². The lowest BCUT2D eigenvalue weighted by Gasteiger charge is -2.07. The highest BCUT2D eigenvalue weighted by atomic mass is 32.1. The number of carbonyl (C=O) groups excluding carboxylic acids is 1. The van der Waals surface area contributed by atoms with E-state index in [4.69, 9.17) is 9.15 Å². The molecule has 0 amide bonds. The molecule has 0 N–H and O–H groups in total. The molecule has 1 atom stereocenters. The predicted octanol–water partition coefficient (Wildman–Crippen LogP) is 5.09. The Bertz CT molecular complexity index is 1090. The SMILES string of the molecule is Cc1ccc(-c2nc(C(=O)O[C@H](C)c3nnc(-c4ccccc4)o3)cs2)cc1. The predicted molar refractivity (Wildman–Crippen MR) is 106 cm³/mol. The minimum absolute atomic E-state index is 0.237. The van der Waals surface area contributed by atoms with Gasteiger partial charge in [-0.25, -0.2) is 9.78 Å². The van der Waals surface area contributed by atoms with Crippen molar-refractivity contribution in [2.75, 3.05) is 0 Å². The van der Waals surface area contributed by atoms with Gasteiger partial charge in [-0.3, -0.25) is 0 Å². The summed E-state index contributed by atoms with van der Waals surface area (Å²) in [5.41, 5.74) is 3.20. The number of aromatic nitrogens is 3. The molecule has 0 spiro atoms. The topological polar surface area (TPSA) is 78.1 Å². The Hall–Kier alpha value is -3.32. The maximum Gasteiger partial charge on any atom is 0.358 e. The summed E-state index contributed by atoms with van der Waals surface area (Å²) >= 11 is 1.40. The smallest absolute Gasteiger partial charge is 0.358 e. The van der Waals surface area contributed by atoms with Crippen LogP contribution in [0.15, 0.2) is 64.4 Å². The van der Waals surface area contributed by atoms with Gasteiger partial charge < -0.3 is 9.15 Å². The van der Waals surface area contributed by atoms with Crippen LogP contribution in [-0.2, 0) is 4.74 Å². The number of hydrogen-bond donors (Lipinski definition) is 0. The fraction of sp³-hybridized carbons (Fsp3) is 0.143. The van der Waals surface area contributed by atoms with Gasteiger partial charge in [-0.15, -0.1) is 21.5 Å². The average molecular weight is 391 g/mol. The molecular formula is C21H17N3O3S. The van der Waals surface area contributed by atoms with Crippen molar-refractivity contribution in [3.8, 4) is 22.0 Å². The van der Waals surface area contributed by atoms with Gasteiger partial charge in [0.2, 0.25) is 5.89 Å². The summed E-state index contributed by atoms with van der Waals surface area (Å²) < 4.78 is 11.1. The highest BCUT2D eigenvalue weighted by Gasteiger charge is 2.21. The van der Waals surface area contributed by atoms with Crippen molar-refractivity contribution >= 4 is 17.3 Å². The van der Waals surface area contributed by atoms with Gasteiger partial charge in [-0.05, 0) is 26.0 Å². The highest BCUT2D eigenvalue weighted by molar-refractivity contribution is 7.13. The summed E-state index contributed by atoms with van der Waals surface area (Å²) in [6, 6.07) is 17.4. The van der Waals surface area contributed by atoms with Crippen molar-refractivity contribution in [3.63, 3.8) is 0 Å². The van der Waals surface area contributed by atoms with Crippen LogP contribution < -0.4 is 0 Å². The molecule has 0 bridgehead atoms. The summed E-state index contributed by atoms with van der Waals surface area (Å²) in [7, 11) is 0. The zero-order valence-electron chi connectivity index (χ0n) is 15.3. The second kappa shape index (κ2) is 7.74. The fourth-order valence-electron chi connectivity index (χ4n) is 2.56. The van der Waals surface area contributed by atoms with Crippen LogP contribution in [0.25, 0.3) is 22.0 Å². The van der Waals surface area contributed by atoms with Crippen molar-refractivity contribution in [3.05, 3.63) is 77.1 Å². The van der Waals surface area contributed by atoms with E-state index in [1.165, 1.54) is 16.9 Å². The Kier molecular flexibility index (Phi) is 4.99. The van der Waals surface area contributed by atoms with Crippen molar-refractivity contribution in [1.29, 1.82) is 0 Å². The Labute approximate surface area is 165 Å². The number of carbonyl (C=O) groups is 1. The normalized spacial score (nSPS) is 11.9. The summed E-state index contributed by atoms with van der Waals surface area (Å²) in [6.45, 7) is 3.71. The van der Waals surface area contributed by atoms with Crippen LogP contribution in [0.1, 0.15) is 35.0 Å². The molecule has 2 aromatic heterocycles. The molecule has 4 aromatic rings. The monoisotopic (exact) mass is 391 g/mol. The summed E-state index contributed by atoms with van der Waals surface area (Å²) in [6.07, 6.45) is -0.679. The number of rotatable bonds is 5. The Balaban J connectivity index is 1.45. The number of ether oxygens (including phenoxy) is 1. The molecule has 0 saturated carbocycles. The van der Waals surface area contributed by atoms with Crippen LogP contribution in [-0.4, -0.2) is 21.2 Å². The molecule has 0 fully saturated rings. The molecule has 140 valence electrons. The molecule has 0 aliphatic rings. The van der Waals surface area contributed by atoms with E-state index in [0.717, 1.165) is 16.1 Å². The van der Waals surface area contributed by atoms with Gasteiger partial charge in [-0.2, -0.15) is 0 Å². The molecular weight excluding hydrogens is 374 g/mol. The van der Waals surface area contributed by atoms with Crippen LogP contribution in [0.2, 0.25) is 0 Å². The van der Waals surface area contributed by atoms with Crippen LogP contribution in [0.3, 0.4) is 0 Å². The number of benzene rings is 2. The van der Waals surface area contributed by atoms with Crippen molar-refractivity contribution in [2.24, 2.45) is 0 Å². The first-order valence-electron chi connectivity index (χ1n) is 8.72. The third-order valence-corrected chi connectivity index (χ3v) is 5.00. The third kappa shape index (κ3) is 3.84. The average Bonchev–Trinajstić information content (AvgIpc) is 3.39. The Morgan fingerprint density at radius 3 is 2.54 bits per heavy atom. The lowest BCUT2D eigenvalue weighted by molar-refractivity contribution is 0.0274. The van der Waals surface area contributed by atoms with E-state index in [1.807, 2.05) is 61.5 Å². The maximum atomic E-state index is 12.4.